The van der Waals surface area contributed by atoms with E-state index < -0.39 is 53.1 Å². The molecule has 234 valence electrons. The van der Waals surface area contributed by atoms with Crippen LogP contribution in [0.4, 0.5) is 0 Å². The first-order valence-electron chi connectivity index (χ1n) is 14.7. The highest BCUT2D eigenvalue weighted by molar-refractivity contribution is 9.09. The number of ether oxygens (including phenoxy) is 2. The first kappa shape index (κ1) is 32.9. The number of likely N-dealkylation sites (tertiary alicyclic amines) is 1. The number of carbonyl (C=O) groups excluding carboxylic acids is 4. The van der Waals surface area contributed by atoms with Gasteiger partial charge in [0.2, 0.25) is 17.7 Å². The molecule has 0 aliphatic carbocycles. The molecule has 4 rings (SSSR count). The van der Waals surface area contributed by atoms with Crippen molar-refractivity contribution in [3.63, 3.8) is 0 Å². The number of hydrogen-bond donors (Lipinski definition) is 2. The van der Waals surface area contributed by atoms with Crippen LogP contribution >= 0.6 is 15.9 Å². The molecule has 11 heteroatoms. The van der Waals surface area contributed by atoms with Gasteiger partial charge in [0.25, 0.3) is 0 Å². The number of nitrogens with one attached hydrogen (secondary N) is 1. The minimum atomic E-state index is -1.28. The lowest BCUT2D eigenvalue weighted by atomic mass is 9.70. The van der Waals surface area contributed by atoms with Gasteiger partial charge in [0.1, 0.15) is 17.7 Å². The van der Waals surface area contributed by atoms with Gasteiger partial charge in [-0.1, -0.05) is 58.4 Å². The van der Waals surface area contributed by atoms with Gasteiger partial charge in [-0.2, -0.15) is 0 Å². The molecule has 3 fully saturated rings. The summed E-state index contributed by atoms with van der Waals surface area (Å²) >= 11 is 3.66. The molecule has 1 spiro atoms. The van der Waals surface area contributed by atoms with Gasteiger partial charge in [-0.3, -0.25) is 19.2 Å². The molecule has 3 saturated heterocycles. The van der Waals surface area contributed by atoms with Gasteiger partial charge in [0.15, 0.2) is 0 Å². The number of hydrogen-bond acceptors (Lipinski definition) is 7. The van der Waals surface area contributed by atoms with Crippen LogP contribution in [0.3, 0.4) is 0 Å². The minimum absolute atomic E-state index is 0.0469. The Morgan fingerprint density at radius 3 is 2.56 bits per heavy atom. The van der Waals surface area contributed by atoms with Crippen LogP contribution in [0.15, 0.2) is 55.6 Å². The number of halogens is 1. The van der Waals surface area contributed by atoms with Crippen LogP contribution in [0.5, 0.6) is 0 Å². The number of aliphatic hydroxyl groups is 1. The van der Waals surface area contributed by atoms with Crippen molar-refractivity contribution in [3.8, 4) is 0 Å². The first-order chi connectivity index (χ1) is 20.4. The first-order valence-corrected chi connectivity index (χ1v) is 15.6. The standard InChI is InChI=1S/C32H42BrN3O7/c1-6-8-14-23(38)34-19-22(20-12-10-9-11-13-20)42-30(41)24-25-28(39)35(16-17-37)27(32(25)18-21(33)26(24)43-32)29(40)36(15-7-2)31(3,4)5/h6-7,9-13,21-22,24-27,37H,1-2,8,14-19H2,3-5H3,(H,34,38)/t21?,22-,24-,25+,26-,27-,32+/m0/s1. The minimum Gasteiger partial charge on any atom is -0.455 e. The number of alkyl halides is 1. The summed E-state index contributed by atoms with van der Waals surface area (Å²) in [6.07, 6.45) is 2.89. The molecule has 0 aromatic heterocycles. The Hall–Kier alpha value is -3.02. The fourth-order valence-corrected chi connectivity index (χ4v) is 7.58. The van der Waals surface area contributed by atoms with Crippen molar-refractivity contribution in [2.24, 2.45) is 11.8 Å². The Balaban J connectivity index is 1.66. The van der Waals surface area contributed by atoms with E-state index in [4.69, 9.17) is 9.47 Å². The Bertz CT molecular complexity index is 1240. The van der Waals surface area contributed by atoms with E-state index in [9.17, 15) is 24.3 Å². The number of β-amino-alcohol motifs (C(OH)–C–C–N with tert-alkyl or cyclic N) is 1. The van der Waals surface area contributed by atoms with Gasteiger partial charge >= 0.3 is 5.97 Å². The second-order valence-electron chi connectivity index (χ2n) is 12.3. The van der Waals surface area contributed by atoms with Crippen LogP contribution in [0.2, 0.25) is 0 Å². The lowest BCUT2D eigenvalue weighted by Crippen LogP contribution is -2.60. The number of nitrogens with zero attached hydrogens (tertiary/aromatic N) is 2. The maximum atomic E-state index is 14.3. The maximum Gasteiger partial charge on any atom is 0.313 e. The van der Waals surface area contributed by atoms with Gasteiger partial charge in [-0.15, -0.1) is 13.2 Å². The van der Waals surface area contributed by atoms with Gasteiger partial charge in [0, 0.05) is 29.9 Å². The van der Waals surface area contributed by atoms with Gasteiger partial charge in [-0.05, 0) is 39.2 Å². The van der Waals surface area contributed by atoms with Gasteiger partial charge < -0.3 is 29.7 Å². The molecular formula is C32H42BrN3O7. The van der Waals surface area contributed by atoms with Crippen molar-refractivity contribution in [1.82, 2.24) is 15.1 Å². The van der Waals surface area contributed by atoms with Crippen LogP contribution < -0.4 is 5.32 Å². The fraction of sp³-hybridized carbons (Fsp3) is 0.562. The summed E-state index contributed by atoms with van der Waals surface area (Å²) < 4.78 is 12.6. The summed E-state index contributed by atoms with van der Waals surface area (Å²) in [4.78, 5) is 57.4. The zero-order chi connectivity index (χ0) is 31.5. The van der Waals surface area contributed by atoms with Crippen molar-refractivity contribution >= 4 is 39.6 Å². The summed E-state index contributed by atoms with van der Waals surface area (Å²) in [5, 5.41) is 12.7. The molecular weight excluding hydrogens is 618 g/mol. The second kappa shape index (κ2) is 13.3. The number of benzene rings is 1. The summed E-state index contributed by atoms with van der Waals surface area (Å²) in [6.45, 7) is 13.0. The highest BCUT2D eigenvalue weighted by Gasteiger charge is 2.77. The number of aliphatic hydroxyl groups excluding tert-OH is 1. The smallest absolute Gasteiger partial charge is 0.313 e. The number of carbonyl (C=O) groups is 4. The zero-order valence-electron chi connectivity index (χ0n) is 25.0. The van der Waals surface area contributed by atoms with Crippen LogP contribution in [-0.4, -0.2) is 93.0 Å². The average molecular weight is 661 g/mol. The van der Waals surface area contributed by atoms with Crippen LogP contribution in [0.1, 0.15) is 51.7 Å². The molecule has 43 heavy (non-hydrogen) atoms. The molecule has 2 N–H and O–H groups in total. The van der Waals surface area contributed by atoms with E-state index in [1.807, 2.05) is 39.0 Å². The summed E-state index contributed by atoms with van der Waals surface area (Å²) in [6, 6.07) is 8.04. The Morgan fingerprint density at radius 1 is 1.26 bits per heavy atom. The number of fused-ring (bicyclic) bond motifs is 1. The zero-order valence-corrected chi connectivity index (χ0v) is 26.6. The quantitative estimate of drug-likeness (QED) is 0.190. The molecule has 0 saturated carbocycles. The van der Waals surface area contributed by atoms with Crippen molar-refractivity contribution in [3.05, 3.63) is 61.2 Å². The lowest BCUT2D eigenvalue weighted by molar-refractivity contribution is -0.160. The third kappa shape index (κ3) is 6.30. The SMILES string of the molecule is C=CCCC(=O)NC[C@H](OC(=O)[C@@H]1[C@H]2O[C@@]3(CC2Br)[C@H](C(=O)N(CC=C)C(C)(C)C)N(CCO)C(=O)[C@@H]13)c1ccccc1. The molecule has 3 aliphatic heterocycles. The topological polar surface area (TPSA) is 125 Å². The molecule has 3 aliphatic rings. The molecule has 1 aromatic rings. The van der Waals surface area contributed by atoms with E-state index in [1.165, 1.54) is 4.90 Å². The molecule has 1 unspecified atom stereocenters. The molecule has 3 heterocycles. The second-order valence-corrected chi connectivity index (χ2v) is 13.5. The monoisotopic (exact) mass is 659 g/mol. The molecule has 2 bridgehead atoms. The highest BCUT2D eigenvalue weighted by Crippen LogP contribution is 2.60. The fourth-order valence-electron chi connectivity index (χ4n) is 6.64. The Morgan fingerprint density at radius 2 is 1.95 bits per heavy atom. The third-order valence-electron chi connectivity index (χ3n) is 8.51. The third-order valence-corrected chi connectivity index (χ3v) is 9.36. The molecule has 7 atom stereocenters. The molecule has 1 aromatic carbocycles. The van der Waals surface area contributed by atoms with E-state index in [0.29, 0.717) is 18.4 Å². The van der Waals surface area contributed by atoms with Crippen LogP contribution in [0, 0.1) is 11.8 Å². The van der Waals surface area contributed by atoms with Gasteiger partial charge in [0.05, 0.1) is 31.1 Å². The highest BCUT2D eigenvalue weighted by atomic mass is 79.9. The van der Waals surface area contributed by atoms with Crippen molar-refractivity contribution in [1.29, 1.82) is 0 Å². The van der Waals surface area contributed by atoms with Crippen LogP contribution in [-0.2, 0) is 28.7 Å². The van der Waals surface area contributed by atoms with E-state index in [0.717, 1.165) is 0 Å². The number of rotatable bonds is 13. The summed E-state index contributed by atoms with van der Waals surface area (Å²) in [5.74, 6) is -3.54. The summed E-state index contributed by atoms with van der Waals surface area (Å²) in [5.41, 5.74) is -1.18. The largest absolute Gasteiger partial charge is 0.455 e. The number of amides is 3. The Labute approximate surface area is 261 Å². The number of allylic oxidation sites excluding steroid dienone is 1. The summed E-state index contributed by atoms with van der Waals surface area (Å²) in [7, 11) is 0. The number of esters is 1. The predicted octanol–water partition coefficient (Wildman–Crippen LogP) is 2.91. The molecule has 3 amide bonds. The molecule has 10 nitrogen and oxygen atoms in total. The Kier molecular flexibility index (Phi) is 10.2. The van der Waals surface area contributed by atoms with E-state index in [-0.39, 0.29) is 49.3 Å². The van der Waals surface area contributed by atoms with Crippen molar-refractivity contribution < 1.29 is 33.8 Å². The average Bonchev–Trinajstić information content (AvgIpc) is 3.55. The van der Waals surface area contributed by atoms with Crippen molar-refractivity contribution in [2.45, 2.75) is 74.3 Å². The van der Waals surface area contributed by atoms with E-state index >= 15 is 0 Å². The molecule has 0 radical (unpaired) electrons. The predicted molar refractivity (Wildman–Crippen MR) is 164 cm³/mol. The maximum absolute atomic E-state index is 14.3. The van der Waals surface area contributed by atoms with Crippen molar-refractivity contribution in [2.75, 3.05) is 26.2 Å². The van der Waals surface area contributed by atoms with Crippen LogP contribution in [0.25, 0.3) is 0 Å². The lowest BCUT2D eigenvalue weighted by Gasteiger charge is -2.42. The van der Waals surface area contributed by atoms with E-state index in [2.05, 4.69) is 34.4 Å². The van der Waals surface area contributed by atoms with Gasteiger partial charge in [-0.25, -0.2) is 0 Å². The van der Waals surface area contributed by atoms with E-state index in [1.54, 1.807) is 29.2 Å². The normalized spacial score (nSPS) is 28.3.